The molecule has 1 aromatic rings. The molecule has 102 valence electrons. The van der Waals surface area contributed by atoms with E-state index < -0.39 is 6.04 Å². The van der Waals surface area contributed by atoms with Crippen LogP contribution in [0, 0.1) is 0 Å². The summed E-state index contributed by atoms with van der Waals surface area (Å²) in [6, 6.07) is 2.91. The van der Waals surface area contributed by atoms with Crippen LogP contribution >= 0.6 is 44.3 Å². The van der Waals surface area contributed by atoms with Crippen LogP contribution in [-0.2, 0) is 9.53 Å². The molecule has 3 N–H and O–H groups in total. The summed E-state index contributed by atoms with van der Waals surface area (Å²) in [7, 11) is 0. The van der Waals surface area contributed by atoms with Gasteiger partial charge in [-0.1, -0.05) is 0 Å². The van der Waals surface area contributed by atoms with E-state index in [1.54, 1.807) is 19.1 Å². The van der Waals surface area contributed by atoms with Crippen LogP contribution in [0.4, 0.5) is 0 Å². The van der Waals surface area contributed by atoms with E-state index in [1.165, 1.54) is 0 Å². The average molecular weight is 403 g/mol. The molecule has 1 atom stereocenters. The van der Waals surface area contributed by atoms with Gasteiger partial charge in [-0.15, -0.1) is 12.4 Å². The topological polar surface area (TPSA) is 72.5 Å². The minimum atomic E-state index is -0.456. The third-order valence-corrected chi connectivity index (χ3v) is 3.37. The van der Waals surface area contributed by atoms with Crippen molar-refractivity contribution >= 4 is 50.2 Å². The number of ether oxygens (including phenoxy) is 1. The van der Waals surface area contributed by atoms with E-state index in [9.17, 15) is 9.90 Å². The maximum absolute atomic E-state index is 11.3. The summed E-state index contributed by atoms with van der Waals surface area (Å²) in [4.78, 5) is 11.3. The first-order valence-electron chi connectivity index (χ1n) is 5.04. The molecule has 0 heterocycles. The Labute approximate surface area is 129 Å². The molecule has 7 heteroatoms. The molecule has 0 aromatic heterocycles. The van der Waals surface area contributed by atoms with Crippen LogP contribution in [0.1, 0.15) is 24.9 Å². The molecule has 4 nitrogen and oxygen atoms in total. The van der Waals surface area contributed by atoms with Gasteiger partial charge < -0.3 is 15.6 Å². The number of carbonyl (C=O) groups excluding carboxylic acids is 1. The SMILES string of the molecule is CCOC(=O)CC(N)c1cc(Br)c(O)c(Br)c1.Cl. The Bertz CT molecular complexity index is 406. The molecular formula is C11H14Br2ClNO3. The van der Waals surface area contributed by atoms with E-state index in [0.29, 0.717) is 15.6 Å². The van der Waals surface area contributed by atoms with Crippen molar-refractivity contribution < 1.29 is 14.6 Å². The molecule has 0 saturated heterocycles. The number of aromatic hydroxyl groups is 1. The first-order chi connectivity index (χ1) is 7.95. The number of nitrogens with two attached hydrogens (primary N) is 1. The second kappa shape index (κ2) is 7.99. The summed E-state index contributed by atoms with van der Waals surface area (Å²) < 4.78 is 5.88. The number of hydrogen-bond acceptors (Lipinski definition) is 4. The maximum Gasteiger partial charge on any atom is 0.307 e. The first kappa shape index (κ1) is 17.7. The van der Waals surface area contributed by atoms with Crippen molar-refractivity contribution in [3.05, 3.63) is 26.6 Å². The summed E-state index contributed by atoms with van der Waals surface area (Å²) in [5, 5.41) is 9.55. The number of rotatable bonds is 4. The lowest BCUT2D eigenvalue weighted by molar-refractivity contribution is -0.143. The van der Waals surface area contributed by atoms with E-state index >= 15 is 0 Å². The number of carbonyl (C=O) groups is 1. The van der Waals surface area contributed by atoms with Crippen molar-refractivity contribution in [2.24, 2.45) is 5.73 Å². The van der Waals surface area contributed by atoms with Crippen LogP contribution in [0.15, 0.2) is 21.1 Å². The monoisotopic (exact) mass is 401 g/mol. The van der Waals surface area contributed by atoms with Crippen molar-refractivity contribution in [3.8, 4) is 5.75 Å². The lowest BCUT2D eigenvalue weighted by Gasteiger charge is -2.13. The predicted molar refractivity (Wildman–Crippen MR) is 78.9 cm³/mol. The van der Waals surface area contributed by atoms with E-state index in [1.807, 2.05) is 0 Å². The highest BCUT2D eigenvalue weighted by Gasteiger charge is 2.15. The van der Waals surface area contributed by atoms with Crippen LogP contribution in [0.2, 0.25) is 0 Å². The number of benzene rings is 1. The lowest BCUT2D eigenvalue weighted by Crippen LogP contribution is -2.17. The Hall–Kier alpha value is -0.300. The standard InChI is InChI=1S/C11H13Br2NO3.ClH/c1-2-17-10(15)5-9(14)6-3-7(12)11(16)8(13)4-6;/h3-4,9,16H,2,5,14H2,1H3;1H. The van der Waals surface area contributed by atoms with Gasteiger partial charge in [0.05, 0.1) is 22.0 Å². The first-order valence-corrected chi connectivity index (χ1v) is 6.63. The highest BCUT2D eigenvalue weighted by molar-refractivity contribution is 9.11. The normalized spacial score (nSPS) is 11.6. The number of hydrogen-bond donors (Lipinski definition) is 2. The molecule has 18 heavy (non-hydrogen) atoms. The molecule has 0 aliphatic carbocycles. The second-order valence-electron chi connectivity index (χ2n) is 3.45. The molecule has 0 fully saturated rings. The summed E-state index contributed by atoms with van der Waals surface area (Å²) >= 11 is 6.42. The summed E-state index contributed by atoms with van der Waals surface area (Å²) in [6.45, 7) is 2.09. The lowest BCUT2D eigenvalue weighted by atomic mass is 10.0. The van der Waals surface area contributed by atoms with Crippen LogP contribution in [0.5, 0.6) is 5.75 Å². The van der Waals surface area contributed by atoms with Gasteiger partial charge in [0.1, 0.15) is 5.75 Å². The van der Waals surface area contributed by atoms with Crippen LogP contribution in [0.25, 0.3) is 0 Å². The van der Waals surface area contributed by atoms with Gasteiger partial charge in [0.15, 0.2) is 0 Å². The van der Waals surface area contributed by atoms with E-state index in [2.05, 4.69) is 31.9 Å². The number of phenolic OH excluding ortho intramolecular Hbond substituents is 1. The molecule has 0 aliphatic rings. The van der Waals surface area contributed by atoms with E-state index in [-0.39, 0.29) is 30.5 Å². The molecule has 1 aromatic carbocycles. The van der Waals surface area contributed by atoms with Crippen molar-refractivity contribution in [2.75, 3.05) is 6.61 Å². The molecule has 0 amide bonds. The van der Waals surface area contributed by atoms with Gasteiger partial charge in [0.25, 0.3) is 0 Å². The molecule has 1 rings (SSSR count). The van der Waals surface area contributed by atoms with Crippen LogP contribution in [-0.4, -0.2) is 17.7 Å². The fourth-order valence-electron chi connectivity index (χ4n) is 1.32. The molecular weight excluding hydrogens is 389 g/mol. The maximum atomic E-state index is 11.3. The number of esters is 1. The molecule has 0 saturated carbocycles. The third-order valence-electron chi connectivity index (χ3n) is 2.16. The van der Waals surface area contributed by atoms with Crippen LogP contribution < -0.4 is 5.73 Å². The zero-order valence-corrected chi connectivity index (χ0v) is 13.6. The fraction of sp³-hybridized carbons (Fsp3) is 0.364. The predicted octanol–water partition coefficient (Wildman–Crippen LogP) is 3.29. The van der Waals surface area contributed by atoms with E-state index in [0.717, 1.165) is 5.56 Å². The molecule has 0 aliphatic heterocycles. The second-order valence-corrected chi connectivity index (χ2v) is 5.16. The highest BCUT2D eigenvalue weighted by Crippen LogP contribution is 2.35. The quantitative estimate of drug-likeness (QED) is 0.757. The van der Waals surface area contributed by atoms with Gasteiger partial charge in [-0.05, 0) is 56.5 Å². The van der Waals surface area contributed by atoms with Crippen molar-refractivity contribution in [1.82, 2.24) is 0 Å². The van der Waals surface area contributed by atoms with Crippen molar-refractivity contribution in [2.45, 2.75) is 19.4 Å². The minimum absolute atomic E-state index is 0. The molecule has 0 bridgehead atoms. The zero-order valence-electron chi connectivity index (χ0n) is 9.65. The Balaban J connectivity index is 0.00000289. The summed E-state index contributed by atoms with van der Waals surface area (Å²) in [5.74, 6) is -0.225. The summed E-state index contributed by atoms with van der Waals surface area (Å²) in [6.07, 6.45) is 0.109. The van der Waals surface area contributed by atoms with Gasteiger partial charge in [-0.25, -0.2) is 0 Å². The third kappa shape index (κ3) is 4.76. The molecule has 0 radical (unpaired) electrons. The van der Waals surface area contributed by atoms with Gasteiger partial charge in [-0.2, -0.15) is 0 Å². The van der Waals surface area contributed by atoms with Crippen molar-refractivity contribution in [1.29, 1.82) is 0 Å². The van der Waals surface area contributed by atoms with Gasteiger partial charge in [0, 0.05) is 6.04 Å². The van der Waals surface area contributed by atoms with E-state index in [4.69, 9.17) is 10.5 Å². The Morgan fingerprint density at radius 3 is 2.39 bits per heavy atom. The fourth-order valence-corrected chi connectivity index (χ4v) is 2.54. The van der Waals surface area contributed by atoms with Crippen LogP contribution in [0.3, 0.4) is 0 Å². The zero-order chi connectivity index (χ0) is 13.0. The van der Waals surface area contributed by atoms with Gasteiger partial charge >= 0.3 is 5.97 Å². The summed E-state index contributed by atoms with van der Waals surface area (Å²) in [5.41, 5.74) is 6.63. The minimum Gasteiger partial charge on any atom is -0.506 e. The van der Waals surface area contributed by atoms with Gasteiger partial charge in [-0.3, -0.25) is 4.79 Å². The van der Waals surface area contributed by atoms with Crippen molar-refractivity contribution in [3.63, 3.8) is 0 Å². The number of halogens is 3. The smallest absolute Gasteiger partial charge is 0.307 e. The largest absolute Gasteiger partial charge is 0.506 e. The molecule has 1 unspecified atom stereocenters. The van der Waals surface area contributed by atoms with Gasteiger partial charge in [0.2, 0.25) is 0 Å². The highest BCUT2D eigenvalue weighted by atomic mass is 79.9. The molecule has 0 spiro atoms. The Morgan fingerprint density at radius 1 is 1.44 bits per heavy atom. The number of phenols is 1. The Kier molecular flexibility index (Phi) is 7.86. The Morgan fingerprint density at radius 2 is 1.94 bits per heavy atom. The average Bonchev–Trinajstić information content (AvgIpc) is 2.25.